The predicted molar refractivity (Wildman–Crippen MR) is 186 cm³/mol. The van der Waals surface area contributed by atoms with Gasteiger partial charge in [-0.2, -0.15) is 0 Å². The van der Waals surface area contributed by atoms with Crippen molar-refractivity contribution in [3.8, 4) is 0 Å². The molecule has 0 bridgehead atoms. The van der Waals surface area contributed by atoms with Crippen LogP contribution < -0.4 is 11.1 Å². The Hall–Kier alpha value is -3.50. The molecule has 0 unspecified atom stereocenters. The number of alkyl halides is 1. The number of anilines is 1. The molecule has 0 radical (unpaired) electrons. The van der Waals surface area contributed by atoms with E-state index in [0.29, 0.717) is 5.33 Å². The van der Waals surface area contributed by atoms with Crippen molar-refractivity contribution < 1.29 is 24.1 Å². The first-order valence-electron chi connectivity index (χ1n) is 15.6. The number of nitrogens with zero attached hydrogens (tertiary/aromatic N) is 4. The number of morpholine rings is 3. The van der Waals surface area contributed by atoms with Crippen LogP contribution in [0.25, 0.3) is 0 Å². The number of non-ortho nitro benzene ring substituents is 2. The Labute approximate surface area is 284 Å². The van der Waals surface area contributed by atoms with Crippen molar-refractivity contribution in [3.63, 3.8) is 0 Å². The molecule has 0 aromatic heterocycles. The molecular formula is C33H45BrN6O7. The number of halogens is 1. The maximum atomic E-state index is 10.5. The Bertz CT molecular complexity index is 1310. The summed E-state index contributed by atoms with van der Waals surface area (Å²) in [6, 6.07) is 21.4. The molecule has 6 rings (SSSR count). The summed E-state index contributed by atoms with van der Waals surface area (Å²) in [5.41, 5.74) is 10.1. The van der Waals surface area contributed by atoms with E-state index in [1.807, 2.05) is 30.3 Å². The lowest BCUT2D eigenvalue weighted by molar-refractivity contribution is -0.385. The third-order valence-corrected chi connectivity index (χ3v) is 7.92. The van der Waals surface area contributed by atoms with E-state index >= 15 is 0 Å². The van der Waals surface area contributed by atoms with E-state index in [4.69, 9.17) is 19.9 Å². The molecule has 3 N–H and O–H groups in total. The molecule has 14 heteroatoms. The largest absolute Gasteiger partial charge is 0.399 e. The highest BCUT2D eigenvalue weighted by atomic mass is 79.9. The highest BCUT2D eigenvalue weighted by molar-refractivity contribution is 9.08. The first-order chi connectivity index (χ1) is 22.8. The zero-order valence-electron chi connectivity index (χ0n) is 26.6. The van der Waals surface area contributed by atoms with Gasteiger partial charge >= 0.3 is 0 Å². The first-order valence-corrected chi connectivity index (χ1v) is 16.7. The number of nitro groups is 2. The number of ether oxygens (including phenoxy) is 3. The molecule has 13 nitrogen and oxygen atoms in total. The smallest absolute Gasteiger partial charge is 0.269 e. The molecule has 3 saturated heterocycles. The lowest BCUT2D eigenvalue weighted by Crippen LogP contribution is -2.35. The molecule has 3 aromatic rings. The number of nitrogens with two attached hydrogens (primary N) is 1. The molecule has 3 aliphatic rings. The van der Waals surface area contributed by atoms with Gasteiger partial charge in [-0.05, 0) is 28.8 Å². The number of rotatable bonds is 7. The predicted octanol–water partition coefficient (Wildman–Crippen LogP) is 4.62. The van der Waals surface area contributed by atoms with Crippen molar-refractivity contribution in [2.45, 2.75) is 18.4 Å². The van der Waals surface area contributed by atoms with Crippen LogP contribution >= 0.6 is 15.9 Å². The maximum absolute atomic E-state index is 10.5. The minimum absolute atomic E-state index is 0.141. The summed E-state index contributed by atoms with van der Waals surface area (Å²) in [5.74, 6) is 0. The van der Waals surface area contributed by atoms with Crippen LogP contribution in [0.2, 0.25) is 0 Å². The highest BCUT2D eigenvalue weighted by Gasteiger charge is 2.12. The molecule has 0 atom stereocenters. The van der Waals surface area contributed by atoms with Crippen LogP contribution in [0.4, 0.5) is 17.1 Å². The standard InChI is InChI=1S/C11H14N2O3.C11H16N2O.C7H6BrNO2.C4H9NO/c14-13(15)11-3-1-10(2-4-11)9-12-5-7-16-8-6-12;12-11-3-1-10(2-4-11)9-13-5-7-14-8-6-13;8-5-6-2-1-3-7(4-6)9(10)11;1-3-6-4-2-5-1/h1-4H,5-9H2;1-4H,5-9,12H2;1-4H,5H2;5H,1-4H2. The molecular weight excluding hydrogens is 672 g/mol. The SMILES string of the molecule is C1COCCN1.Nc1ccc(CN2CCOCC2)cc1.O=[N+]([O-])c1ccc(CN2CCOCC2)cc1.O=[N+]([O-])c1cccc(CBr)c1. The van der Waals surface area contributed by atoms with Gasteiger partial charge in [0.15, 0.2) is 0 Å². The second kappa shape index (κ2) is 22.1. The Morgan fingerprint density at radius 3 is 1.53 bits per heavy atom. The average Bonchev–Trinajstić information content (AvgIpc) is 3.12. The maximum Gasteiger partial charge on any atom is 0.269 e. The van der Waals surface area contributed by atoms with Gasteiger partial charge in [0.05, 0.1) is 49.5 Å². The molecule has 3 aliphatic heterocycles. The van der Waals surface area contributed by atoms with E-state index in [2.05, 4.69) is 43.2 Å². The fourth-order valence-electron chi connectivity index (χ4n) is 4.65. The quantitative estimate of drug-likeness (QED) is 0.152. The molecule has 47 heavy (non-hydrogen) atoms. The van der Waals surface area contributed by atoms with Crippen molar-refractivity contribution in [2.24, 2.45) is 0 Å². The molecule has 0 saturated carbocycles. The van der Waals surface area contributed by atoms with Gasteiger partial charge in [0.1, 0.15) is 0 Å². The Kier molecular flexibility index (Phi) is 17.9. The molecule has 0 amide bonds. The Balaban J connectivity index is 0.000000178. The van der Waals surface area contributed by atoms with E-state index in [0.717, 1.165) is 109 Å². The molecule has 256 valence electrons. The van der Waals surface area contributed by atoms with Crippen molar-refractivity contribution in [2.75, 3.05) is 84.6 Å². The van der Waals surface area contributed by atoms with E-state index in [1.54, 1.807) is 24.3 Å². The number of nitro benzene ring substituents is 2. The second-order valence-electron chi connectivity index (χ2n) is 10.9. The average molecular weight is 718 g/mol. The summed E-state index contributed by atoms with van der Waals surface area (Å²) < 4.78 is 15.6. The third-order valence-electron chi connectivity index (χ3n) is 7.27. The lowest BCUT2D eigenvalue weighted by atomic mass is 10.2. The minimum Gasteiger partial charge on any atom is -0.399 e. The van der Waals surface area contributed by atoms with Crippen molar-refractivity contribution >= 4 is 33.0 Å². The minimum atomic E-state index is -0.397. The van der Waals surface area contributed by atoms with Crippen LogP contribution in [-0.2, 0) is 32.6 Å². The number of hydrogen-bond acceptors (Lipinski definition) is 11. The van der Waals surface area contributed by atoms with E-state index < -0.39 is 4.92 Å². The number of nitrogens with one attached hydrogen (secondary N) is 1. The highest BCUT2D eigenvalue weighted by Crippen LogP contribution is 2.15. The number of hydrogen-bond donors (Lipinski definition) is 2. The third kappa shape index (κ3) is 15.8. The van der Waals surface area contributed by atoms with Crippen LogP contribution in [-0.4, -0.2) is 98.6 Å². The van der Waals surface area contributed by atoms with Gasteiger partial charge in [-0.15, -0.1) is 0 Å². The monoisotopic (exact) mass is 716 g/mol. The van der Waals surface area contributed by atoms with Gasteiger partial charge in [0.2, 0.25) is 0 Å². The van der Waals surface area contributed by atoms with Gasteiger partial charge in [0.25, 0.3) is 11.4 Å². The first kappa shape index (κ1) is 38.0. The number of nitrogen functional groups attached to an aromatic ring is 1. The van der Waals surface area contributed by atoms with Crippen LogP contribution in [0.1, 0.15) is 16.7 Å². The molecule has 3 fully saturated rings. The van der Waals surface area contributed by atoms with Crippen LogP contribution in [0.5, 0.6) is 0 Å². The van der Waals surface area contributed by atoms with Crippen LogP contribution in [0, 0.1) is 20.2 Å². The van der Waals surface area contributed by atoms with Gasteiger partial charge in [-0.1, -0.05) is 52.3 Å². The van der Waals surface area contributed by atoms with E-state index in [9.17, 15) is 20.2 Å². The Morgan fingerprint density at radius 2 is 1.13 bits per heavy atom. The summed E-state index contributed by atoms with van der Waals surface area (Å²) in [6.07, 6.45) is 0. The van der Waals surface area contributed by atoms with Crippen molar-refractivity contribution in [1.29, 1.82) is 0 Å². The zero-order valence-corrected chi connectivity index (χ0v) is 28.2. The second-order valence-corrected chi connectivity index (χ2v) is 11.4. The van der Waals surface area contributed by atoms with Crippen LogP contribution in [0.3, 0.4) is 0 Å². The molecule has 0 aliphatic carbocycles. The summed E-state index contributed by atoms with van der Waals surface area (Å²) >= 11 is 3.22. The van der Waals surface area contributed by atoms with E-state index in [-0.39, 0.29) is 16.3 Å². The molecule has 0 spiro atoms. The molecule has 3 heterocycles. The topological polar surface area (TPSA) is 158 Å². The van der Waals surface area contributed by atoms with Crippen LogP contribution in [0.15, 0.2) is 72.8 Å². The van der Waals surface area contributed by atoms with Gasteiger partial charge in [-0.3, -0.25) is 30.0 Å². The van der Waals surface area contributed by atoms with Gasteiger partial charge in [-0.25, -0.2) is 0 Å². The Morgan fingerprint density at radius 1 is 0.660 bits per heavy atom. The number of benzene rings is 3. The summed E-state index contributed by atoms with van der Waals surface area (Å²) in [5, 5.41) is 24.5. The zero-order chi connectivity index (χ0) is 33.7. The fourth-order valence-corrected chi connectivity index (χ4v) is 5.00. The van der Waals surface area contributed by atoms with Gasteiger partial charge in [0, 0.05) is 87.6 Å². The normalized spacial score (nSPS) is 16.6. The summed E-state index contributed by atoms with van der Waals surface area (Å²) in [6.45, 7) is 12.8. The van der Waals surface area contributed by atoms with Gasteiger partial charge < -0.3 is 25.3 Å². The van der Waals surface area contributed by atoms with E-state index in [1.165, 1.54) is 11.6 Å². The van der Waals surface area contributed by atoms with Crippen molar-refractivity contribution in [1.82, 2.24) is 15.1 Å². The summed E-state index contributed by atoms with van der Waals surface area (Å²) in [4.78, 5) is 24.6. The van der Waals surface area contributed by atoms with Crippen molar-refractivity contribution in [3.05, 3.63) is 110 Å². The lowest BCUT2D eigenvalue weighted by Gasteiger charge is -2.26. The fraction of sp³-hybridized carbons (Fsp3) is 0.455. The molecule has 3 aromatic carbocycles. The summed E-state index contributed by atoms with van der Waals surface area (Å²) in [7, 11) is 0.